The summed E-state index contributed by atoms with van der Waals surface area (Å²) in [6.07, 6.45) is 1.75. The van der Waals surface area contributed by atoms with Crippen molar-refractivity contribution in [1.29, 1.82) is 0 Å². The molecule has 2 heterocycles. The molecule has 0 bridgehead atoms. The summed E-state index contributed by atoms with van der Waals surface area (Å²) in [6.45, 7) is 2.43. The molecule has 1 aliphatic heterocycles. The Morgan fingerprint density at radius 3 is 2.95 bits per heavy atom. The highest BCUT2D eigenvalue weighted by Crippen LogP contribution is 2.29. The molecule has 0 atom stereocenters. The van der Waals surface area contributed by atoms with Crippen LogP contribution in [-0.4, -0.2) is 26.3 Å². The van der Waals surface area contributed by atoms with E-state index in [2.05, 4.69) is 15.1 Å². The van der Waals surface area contributed by atoms with E-state index in [-0.39, 0.29) is 0 Å². The summed E-state index contributed by atoms with van der Waals surface area (Å²) in [7, 11) is 0. The number of hydrogen-bond donors (Lipinski definition) is 1. The molecule has 0 unspecified atom stereocenters. The third-order valence-corrected chi connectivity index (χ3v) is 3.75. The first-order valence-corrected chi connectivity index (χ1v) is 6.65. The van der Waals surface area contributed by atoms with E-state index in [1.807, 2.05) is 16.7 Å². The molecule has 98 valence electrons. The maximum atomic E-state index is 6.31. The van der Waals surface area contributed by atoms with Gasteiger partial charge >= 0.3 is 0 Å². The second kappa shape index (κ2) is 4.79. The Bertz CT molecular complexity index is 639. The van der Waals surface area contributed by atoms with Crippen LogP contribution in [0.15, 0.2) is 24.5 Å². The van der Waals surface area contributed by atoms with Crippen molar-refractivity contribution in [2.45, 2.75) is 13.1 Å². The Morgan fingerprint density at radius 1 is 1.37 bits per heavy atom. The van der Waals surface area contributed by atoms with Crippen molar-refractivity contribution >= 4 is 34.5 Å². The lowest BCUT2D eigenvalue weighted by Gasteiger charge is -2.29. The highest BCUT2D eigenvalue weighted by molar-refractivity contribution is 7.80. The van der Waals surface area contributed by atoms with Crippen LogP contribution >= 0.6 is 23.8 Å². The van der Waals surface area contributed by atoms with Gasteiger partial charge in [0.15, 0.2) is 5.82 Å². The van der Waals surface area contributed by atoms with Gasteiger partial charge in [-0.15, -0.1) is 10.2 Å². The van der Waals surface area contributed by atoms with Crippen LogP contribution in [-0.2, 0) is 13.1 Å². The van der Waals surface area contributed by atoms with Crippen LogP contribution < -0.4 is 10.6 Å². The minimum Gasteiger partial charge on any atom is -0.389 e. The molecule has 19 heavy (non-hydrogen) atoms. The number of nitrogens with zero attached hydrogens (tertiary/aromatic N) is 4. The van der Waals surface area contributed by atoms with Gasteiger partial charge in [0.1, 0.15) is 11.3 Å². The lowest BCUT2D eigenvalue weighted by Crippen LogP contribution is -2.33. The van der Waals surface area contributed by atoms with E-state index in [1.165, 1.54) is 0 Å². The van der Waals surface area contributed by atoms with Crippen LogP contribution in [0.2, 0.25) is 5.02 Å². The Morgan fingerprint density at radius 2 is 2.21 bits per heavy atom. The summed E-state index contributed by atoms with van der Waals surface area (Å²) >= 11 is 11.3. The molecule has 1 aliphatic rings. The van der Waals surface area contributed by atoms with E-state index in [9.17, 15) is 0 Å². The van der Waals surface area contributed by atoms with Gasteiger partial charge in [-0.3, -0.25) is 0 Å². The van der Waals surface area contributed by atoms with E-state index in [1.54, 1.807) is 12.4 Å². The summed E-state index contributed by atoms with van der Waals surface area (Å²) in [6, 6.07) is 5.64. The molecular formula is C12H12ClN5S. The molecule has 0 aliphatic carbocycles. The van der Waals surface area contributed by atoms with Gasteiger partial charge < -0.3 is 15.2 Å². The van der Waals surface area contributed by atoms with E-state index in [4.69, 9.17) is 29.6 Å². The highest BCUT2D eigenvalue weighted by atomic mass is 35.5. The topological polar surface area (TPSA) is 60.0 Å². The van der Waals surface area contributed by atoms with Gasteiger partial charge in [0.2, 0.25) is 0 Å². The molecular weight excluding hydrogens is 282 g/mol. The summed E-state index contributed by atoms with van der Waals surface area (Å²) < 4.78 is 2.05. The molecule has 0 fully saturated rings. The standard InChI is InChI=1S/C12H12ClN5S/c13-9-5-8(12(14)19)1-2-10(9)17-3-4-18-7-15-16-11(18)6-17/h1-2,5,7H,3-4,6H2,(H2,14,19). The fourth-order valence-corrected chi connectivity index (χ4v) is 2.62. The number of benzene rings is 1. The lowest BCUT2D eigenvalue weighted by atomic mass is 10.2. The van der Waals surface area contributed by atoms with Crippen LogP contribution in [0.5, 0.6) is 0 Å². The molecule has 1 aromatic carbocycles. The average Bonchev–Trinajstić information content (AvgIpc) is 2.85. The number of aromatic nitrogens is 3. The van der Waals surface area contributed by atoms with Crippen molar-refractivity contribution in [1.82, 2.24) is 14.8 Å². The molecule has 0 amide bonds. The SMILES string of the molecule is NC(=S)c1ccc(N2CCn3cnnc3C2)c(Cl)c1. The van der Waals surface area contributed by atoms with Gasteiger partial charge in [0.25, 0.3) is 0 Å². The molecule has 1 aromatic heterocycles. The Hall–Kier alpha value is -1.66. The van der Waals surface area contributed by atoms with Crippen molar-refractivity contribution in [3.05, 3.63) is 40.9 Å². The molecule has 0 saturated heterocycles. The van der Waals surface area contributed by atoms with Gasteiger partial charge in [-0.05, 0) is 18.2 Å². The van der Waals surface area contributed by atoms with Crippen LogP contribution in [0.4, 0.5) is 5.69 Å². The average molecular weight is 294 g/mol. The van der Waals surface area contributed by atoms with Crippen molar-refractivity contribution in [2.24, 2.45) is 5.73 Å². The normalized spacial score (nSPS) is 14.3. The van der Waals surface area contributed by atoms with Crippen LogP contribution in [0.3, 0.4) is 0 Å². The zero-order valence-corrected chi connectivity index (χ0v) is 11.7. The first-order valence-electron chi connectivity index (χ1n) is 5.86. The number of rotatable bonds is 2. The van der Waals surface area contributed by atoms with E-state index in [0.29, 0.717) is 16.6 Å². The number of halogens is 1. The quantitative estimate of drug-likeness (QED) is 0.852. The largest absolute Gasteiger partial charge is 0.389 e. The van der Waals surface area contributed by atoms with Crippen molar-refractivity contribution < 1.29 is 0 Å². The van der Waals surface area contributed by atoms with Crippen molar-refractivity contribution in [3.63, 3.8) is 0 Å². The number of nitrogens with two attached hydrogens (primary N) is 1. The van der Waals surface area contributed by atoms with Crippen LogP contribution in [0.1, 0.15) is 11.4 Å². The predicted octanol–water partition coefficient (Wildman–Crippen LogP) is 1.59. The summed E-state index contributed by atoms with van der Waals surface area (Å²) in [5.74, 6) is 0.945. The number of hydrogen-bond acceptors (Lipinski definition) is 4. The molecule has 0 saturated carbocycles. The first-order chi connectivity index (χ1) is 9.15. The minimum atomic E-state index is 0.354. The molecule has 0 spiro atoms. The van der Waals surface area contributed by atoms with E-state index >= 15 is 0 Å². The van der Waals surface area contributed by atoms with Crippen molar-refractivity contribution in [3.8, 4) is 0 Å². The van der Waals surface area contributed by atoms with Crippen LogP contribution in [0, 0.1) is 0 Å². The highest BCUT2D eigenvalue weighted by Gasteiger charge is 2.19. The predicted molar refractivity (Wildman–Crippen MR) is 78.4 cm³/mol. The summed E-state index contributed by atoms with van der Waals surface area (Å²) in [5, 5.41) is 8.66. The molecule has 7 heteroatoms. The van der Waals surface area contributed by atoms with Crippen LogP contribution in [0.25, 0.3) is 0 Å². The third-order valence-electron chi connectivity index (χ3n) is 3.21. The second-order valence-corrected chi connectivity index (χ2v) is 5.24. The first kappa shape index (κ1) is 12.4. The number of thiocarbonyl (C=S) groups is 1. The number of anilines is 1. The van der Waals surface area contributed by atoms with Gasteiger partial charge in [-0.2, -0.15) is 0 Å². The van der Waals surface area contributed by atoms with Gasteiger partial charge in [0, 0.05) is 18.7 Å². The maximum absolute atomic E-state index is 6.31. The van der Waals surface area contributed by atoms with Gasteiger partial charge in [-0.1, -0.05) is 23.8 Å². The molecule has 3 rings (SSSR count). The second-order valence-electron chi connectivity index (χ2n) is 4.39. The zero-order chi connectivity index (χ0) is 13.4. The molecule has 0 radical (unpaired) electrons. The van der Waals surface area contributed by atoms with Crippen molar-refractivity contribution in [2.75, 3.05) is 11.4 Å². The summed E-state index contributed by atoms with van der Waals surface area (Å²) in [4.78, 5) is 2.53. The Balaban J connectivity index is 1.90. The fourth-order valence-electron chi connectivity index (χ4n) is 2.19. The molecule has 2 N–H and O–H groups in total. The third kappa shape index (κ3) is 2.29. The fraction of sp³-hybridized carbons (Fsp3) is 0.250. The smallest absolute Gasteiger partial charge is 0.152 e. The van der Waals surface area contributed by atoms with Gasteiger partial charge in [-0.25, -0.2) is 0 Å². The van der Waals surface area contributed by atoms with E-state index < -0.39 is 0 Å². The lowest BCUT2D eigenvalue weighted by molar-refractivity contribution is 0.560. The van der Waals surface area contributed by atoms with Gasteiger partial charge in [0.05, 0.1) is 17.3 Å². The monoisotopic (exact) mass is 293 g/mol. The molecule has 2 aromatic rings. The van der Waals surface area contributed by atoms with E-state index in [0.717, 1.165) is 30.2 Å². The Kier molecular flexibility index (Phi) is 3.12. The Labute approximate surface area is 121 Å². The molecule has 5 nitrogen and oxygen atoms in total. The summed E-state index contributed by atoms with van der Waals surface area (Å²) in [5.41, 5.74) is 7.35. The maximum Gasteiger partial charge on any atom is 0.152 e. The minimum absolute atomic E-state index is 0.354. The zero-order valence-electron chi connectivity index (χ0n) is 10.1. The number of fused-ring (bicyclic) bond motifs is 1.